The van der Waals surface area contributed by atoms with Crippen LogP contribution in [0.1, 0.15) is 10.4 Å². The van der Waals surface area contributed by atoms with Crippen molar-refractivity contribution in [2.75, 3.05) is 0 Å². The van der Waals surface area contributed by atoms with Crippen molar-refractivity contribution in [3.8, 4) is 10.6 Å². The van der Waals surface area contributed by atoms with Gasteiger partial charge in [-0.05, 0) is 24.3 Å². The summed E-state index contributed by atoms with van der Waals surface area (Å²) in [4.78, 5) is 15.3. The molecule has 0 saturated heterocycles. The highest BCUT2D eigenvalue weighted by Gasteiger charge is 2.08. The average Bonchev–Trinajstić information content (AvgIpc) is 2.82. The average molecular weight is 274 g/mol. The van der Waals surface area contributed by atoms with E-state index in [4.69, 9.17) is 11.6 Å². The van der Waals surface area contributed by atoms with Crippen LogP contribution in [0.15, 0.2) is 42.5 Å². The van der Waals surface area contributed by atoms with Gasteiger partial charge in [0.1, 0.15) is 5.01 Å². The summed E-state index contributed by atoms with van der Waals surface area (Å²) in [5, 5.41) is 1.37. The third-order valence-corrected chi connectivity index (χ3v) is 4.08. The predicted molar refractivity (Wildman–Crippen MR) is 75.5 cm³/mol. The van der Waals surface area contributed by atoms with Gasteiger partial charge in [0.2, 0.25) is 0 Å². The van der Waals surface area contributed by atoms with Crippen LogP contribution in [0.5, 0.6) is 0 Å². The van der Waals surface area contributed by atoms with Gasteiger partial charge in [0.05, 0.1) is 15.2 Å². The third-order valence-electron chi connectivity index (χ3n) is 2.67. The molecule has 0 fully saturated rings. The van der Waals surface area contributed by atoms with Gasteiger partial charge >= 0.3 is 0 Å². The molecule has 3 aromatic rings. The number of benzene rings is 2. The monoisotopic (exact) mass is 273 g/mol. The molecule has 0 aliphatic carbocycles. The second kappa shape index (κ2) is 4.52. The van der Waals surface area contributed by atoms with Crippen molar-refractivity contribution in [3.05, 3.63) is 53.1 Å². The molecule has 88 valence electrons. The van der Waals surface area contributed by atoms with Crippen LogP contribution >= 0.6 is 22.9 Å². The highest BCUT2D eigenvalue weighted by Crippen LogP contribution is 2.31. The van der Waals surface area contributed by atoms with Gasteiger partial charge in [-0.2, -0.15) is 0 Å². The molecular weight excluding hydrogens is 266 g/mol. The summed E-state index contributed by atoms with van der Waals surface area (Å²) in [5.41, 5.74) is 2.42. The van der Waals surface area contributed by atoms with Gasteiger partial charge in [-0.3, -0.25) is 4.79 Å². The molecule has 2 nitrogen and oxygen atoms in total. The lowest BCUT2D eigenvalue weighted by atomic mass is 10.1. The Labute approximate surface area is 113 Å². The molecule has 18 heavy (non-hydrogen) atoms. The summed E-state index contributed by atoms with van der Waals surface area (Å²) in [7, 11) is 0. The zero-order valence-electron chi connectivity index (χ0n) is 9.26. The minimum Gasteiger partial charge on any atom is -0.298 e. The number of carbonyl (C=O) groups excluding carboxylic acids is 1. The number of nitrogens with zero attached hydrogens (tertiary/aromatic N) is 1. The second-order valence-electron chi connectivity index (χ2n) is 3.84. The Kier molecular flexibility index (Phi) is 2.86. The number of aromatic nitrogens is 1. The van der Waals surface area contributed by atoms with Crippen molar-refractivity contribution in [3.63, 3.8) is 0 Å². The molecule has 3 rings (SSSR count). The minimum atomic E-state index is 0.460. The number of para-hydroxylation sites is 1. The van der Waals surface area contributed by atoms with Crippen LogP contribution in [-0.2, 0) is 0 Å². The number of hydrogen-bond acceptors (Lipinski definition) is 3. The number of fused-ring (bicyclic) bond motifs is 1. The van der Waals surface area contributed by atoms with E-state index in [2.05, 4.69) is 4.98 Å². The van der Waals surface area contributed by atoms with Crippen molar-refractivity contribution in [1.82, 2.24) is 4.98 Å². The first-order valence-corrected chi connectivity index (χ1v) is 6.58. The van der Waals surface area contributed by atoms with E-state index < -0.39 is 0 Å². The fraction of sp³-hybridized carbons (Fsp3) is 0. The molecule has 2 aromatic carbocycles. The van der Waals surface area contributed by atoms with Crippen LogP contribution in [0.4, 0.5) is 0 Å². The van der Waals surface area contributed by atoms with E-state index in [1.54, 1.807) is 23.5 Å². The van der Waals surface area contributed by atoms with E-state index in [9.17, 15) is 4.79 Å². The van der Waals surface area contributed by atoms with Crippen LogP contribution in [0, 0.1) is 0 Å². The van der Waals surface area contributed by atoms with Crippen LogP contribution in [-0.4, -0.2) is 11.3 Å². The smallest absolute Gasteiger partial charge is 0.151 e. The molecule has 0 saturated carbocycles. The fourth-order valence-corrected chi connectivity index (χ4v) is 2.94. The SMILES string of the molecule is O=Cc1ccc(-c2nc3ccccc3s2)cc1Cl. The lowest BCUT2D eigenvalue weighted by molar-refractivity contribution is 0.112. The van der Waals surface area contributed by atoms with Crippen molar-refractivity contribution >= 4 is 39.4 Å². The Bertz CT molecular complexity index is 702. The standard InChI is InChI=1S/C14H8ClNOS/c15-11-7-9(5-6-10(11)8-17)14-16-12-3-1-2-4-13(12)18-14/h1-8H. The molecule has 0 radical (unpaired) electrons. The van der Waals surface area contributed by atoms with Gasteiger partial charge in [0, 0.05) is 11.1 Å². The quantitative estimate of drug-likeness (QED) is 0.647. The van der Waals surface area contributed by atoms with E-state index in [1.165, 1.54) is 0 Å². The zero-order valence-corrected chi connectivity index (χ0v) is 10.8. The maximum Gasteiger partial charge on any atom is 0.151 e. The van der Waals surface area contributed by atoms with Gasteiger partial charge in [-0.25, -0.2) is 4.98 Å². The Morgan fingerprint density at radius 3 is 2.72 bits per heavy atom. The molecule has 0 aliphatic heterocycles. The summed E-state index contributed by atoms with van der Waals surface area (Å²) in [6.45, 7) is 0. The Morgan fingerprint density at radius 1 is 1.17 bits per heavy atom. The number of aldehydes is 1. The van der Waals surface area contributed by atoms with E-state index in [1.807, 2.05) is 30.3 Å². The molecule has 0 N–H and O–H groups in total. The largest absolute Gasteiger partial charge is 0.298 e. The Morgan fingerprint density at radius 2 is 2.00 bits per heavy atom. The molecule has 0 aliphatic rings. The van der Waals surface area contributed by atoms with E-state index in [0.717, 1.165) is 27.1 Å². The molecule has 1 aromatic heterocycles. The first-order chi connectivity index (χ1) is 8.78. The summed E-state index contributed by atoms with van der Waals surface area (Å²) < 4.78 is 1.14. The normalized spacial score (nSPS) is 10.7. The predicted octanol–water partition coefficient (Wildman–Crippen LogP) is 4.43. The zero-order chi connectivity index (χ0) is 12.5. The van der Waals surface area contributed by atoms with E-state index >= 15 is 0 Å². The first-order valence-electron chi connectivity index (χ1n) is 5.38. The number of hydrogen-bond donors (Lipinski definition) is 0. The number of rotatable bonds is 2. The van der Waals surface area contributed by atoms with E-state index in [-0.39, 0.29) is 0 Å². The molecule has 4 heteroatoms. The van der Waals surface area contributed by atoms with Crippen molar-refractivity contribution in [2.45, 2.75) is 0 Å². The van der Waals surface area contributed by atoms with Crippen LogP contribution in [0.3, 0.4) is 0 Å². The van der Waals surface area contributed by atoms with Gasteiger partial charge in [-0.1, -0.05) is 29.8 Å². The van der Waals surface area contributed by atoms with Crippen molar-refractivity contribution in [1.29, 1.82) is 0 Å². The van der Waals surface area contributed by atoms with Crippen molar-refractivity contribution in [2.24, 2.45) is 0 Å². The maximum atomic E-state index is 10.7. The molecule has 1 heterocycles. The van der Waals surface area contributed by atoms with Gasteiger partial charge < -0.3 is 0 Å². The topological polar surface area (TPSA) is 30.0 Å². The molecule has 0 bridgehead atoms. The molecular formula is C14H8ClNOS. The number of thiazole rings is 1. The molecule has 0 atom stereocenters. The van der Waals surface area contributed by atoms with Crippen molar-refractivity contribution < 1.29 is 4.79 Å². The van der Waals surface area contributed by atoms with Crippen LogP contribution in [0.25, 0.3) is 20.8 Å². The lowest BCUT2D eigenvalue weighted by Crippen LogP contribution is -1.83. The Balaban J connectivity index is 2.14. The number of carbonyl (C=O) groups is 1. The summed E-state index contributed by atoms with van der Waals surface area (Å²) in [6.07, 6.45) is 0.754. The van der Waals surface area contributed by atoms with Crippen LogP contribution in [0.2, 0.25) is 5.02 Å². The highest BCUT2D eigenvalue weighted by atomic mass is 35.5. The lowest BCUT2D eigenvalue weighted by Gasteiger charge is -1.99. The molecule has 0 unspecified atom stereocenters. The number of halogens is 1. The summed E-state index contributed by atoms with van der Waals surface area (Å²) in [6, 6.07) is 13.3. The summed E-state index contributed by atoms with van der Waals surface area (Å²) >= 11 is 7.64. The Hall–Kier alpha value is -1.71. The minimum absolute atomic E-state index is 0.460. The van der Waals surface area contributed by atoms with Crippen LogP contribution < -0.4 is 0 Å². The molecule has 0 amide bonds. The van der Waals surface area contributed by atoms with Gasteiger partial charge in [0.25, 0.3) is 0 Å². The van der Waals surface area contributed by atoms with E-state index in [0.29, 0.717) is 10.6 Å². The van der Waals surface area contributed by atoms with Gasteiger partial charge in [0.15, 0.2) is 6.29 Å². The molecule has 0 spiro atoms. The first kappa shape index (κ1) is 11.4. The fourth-order valence-electron chi connectivity index (χ4n) is 1.75. The highest BCUT2D eigenvalue weighted by molar-refractivity contribution is 7.21. The second-order valence-corrected chi connectivity index (χ2v) is 5.28. The van der Waals surface area contributed by atoms with Gasteiger partial charge in [-0.15, -0.1) is 11.3 Å². The summed E-state index contributed by atoms with van der Waals surface area (Å²) in [5.74, 6) is 0. The third kappa shape index (κ3) is 1.92. The maximum absolute atomic E-state index is 10.7.